The highest BCUT2D eigenvalue weighted by Gasteiger charge is 2.22. The molecular weight excluding hydrogens is 384 g/mol. The SMILES string of the molecule is COc1cc(OC)c(OC)cc1/C=N\NC(=O)c1c(C)nnn1-c1nonc1N. The fourth-order valence-electron chi connectivity index (χ4n) is 2.47. The summed E-state index contributed by atoms with van der Waals surface area (Å²) in [6, 6.07) is 3.30. The summed E-state index contributed by atoms with van der Waals surface area (Å²) in [7, 11) is 4.53. The third-order valence-corrected chi connectivity index (χ3v) is 3.86. The topological polar surface area (TPSA) is 165 Å². The van der Waals surface area contributed by atoms with Crippen molar-refractivity contribution in [2.75, 3.05) is 27.1 Å². The Labute approximate surface area is 164 Å². The molecule has 13 heteroatoms. The lowest BCUT2D eigenvalue weighted by atomic mass is 10.2. The second-order valence-corrected chi connectivity index (χ2v) is 5.56. The number of nitrogens with one attached hydrogen (secondary N) is 1. The molecule has 3 aromatic rings. The monoisotopic (exact) mass is 402 g/mol. The van der Waals surface area contributed by atoms with E-state index in [0.29, 0.717) is 28.5 Å². The number of carbonyl (C=O) groups excluding carboxylic acids is 1. The zero-order chi connectivity index (χ0) is 21.0. The van der Waals surface area contributed by atoms with Crippen LogP contribution in [0.25, 0.3) is 5.82 Å². The van der Waals surface area contributed by atoms with Crippen LogP contribution in [0.5, 0.6) is 17.2 Å². The van der Waals surface area contributed by atoms with Gasteiger partial charge in [0.25, 0.3) is 5.91 Å². The first-order valence-electron chi connectivity index (χ1n) is 8.14. The van der Waals surface area contributed by atoms with Gasteiger partial charge in [-0.25, -0.2) is 10.1 Å². The van der Waals surface area contributed by atoms with E-state index < -0.39 is 5.91 Å². The Morgan fingerprint density at radius 3 is 2.48 bits per heavy atom. The molecule has 1 amide bonds. The van der Waals surface area contributed by atoms with E-state index in [1.54, 1.807) is 19.1 Å². The zero-order valence-electron chi connectivity index (χ0n) is 16.0. The van der Waals surface area contributed by atoms with E-state index in [0.717, 1.165) is 4.68 Å². The van der Waals surface area contributed by atoms with Gasteiger partial charge >= 0.3 is 0 Å². The number of hydrogen-bond donors (Lipinski definition) is 2. The Balaban J connectivity index is 1.85. The van der Waals surface area contributed by atoms with Crippen LogP contribution in [0.15, 0.2) is 21.9 Å². The van der Waals surface area contributed by atoms with Crippen molar-refractivity contribution in [2.24, 2.45) is 5.10 Å². The van der Waals surface area contributed by atoms with E-state index in [2.05, 4.69) is 35.8 Å². The van der Waals surface area contributed by atoms with Crippen molar-refractivity contribution in [3.05, 3.63) is 29.1 Å². The fraction of sp³-hybridized carbons (Fsp3) is 0.250. The predicted molar refractivity (Wildman–Crippen MR) is 99.5 cm³/mol. The highest BCUT2D eigenvalue weighted by Crippen LogP contribution is 2.33. The molecule has 0 saturated carbocycles. The Bertz CT molecular complexity index is 1060. The molecule has 0 fully saturated rings. The lowest BCUT2D eigenvalue weighted by Gasteiger charge is -2.11. The van der Waals surface area contributed by atoms with Crippen molar-refractivity contribution < 1.29 is 23.6 Å². The molecule has 3 rings (SSSR count). The zero-order valence-corrected chi connectivity index (χ0v) is 16.0. The van der Waals surface area contributed by atoms with Gasteiger partial charge in [-0.3, -0.25) is 4.79 Å². The quantitative estimate of drug-likeness (QED) is 0.415. The molecule has 0 saturated heterocycles. The summed E-state index contributed by atoms with van der Waals surface area (Å²) in [6.07, 6.45) is 1.40. The lowest BCUT2D eigenvalue weighted by molar-refractivity contribution is 0.0946. The number of nitrogens with two attached hydrogens (primary N) is 1. The molecule has 13 nitrogen and oxygen atoms in total. The molecule has 2 aromatic heterocycles. The average molecular weight is 402 g/mol. The molecule has 1 aromatic carbocycles. The first kappa shape index (κ1) is 19.6. The molecule has 0 unspecified atom stereocenters. The van der Waals surface area contributed by atoms with Gasteiger partial charge in [-0.15, -0.1) is 5.10 Å². The Kier molecular flexibility index (Phi) is 5.57. The molecule has 2 heterocycles. The van der Waals surface area contributed by atoms with E-state index in [-0.39, 0.29) is 17.3 Å². The highest BCUT2D eigenvalue weighted by molar-refractivity contribution is 5.95. The summed E-state index contributed by atoms with van der Waals surface area (Å²) in [4.78, 5) is 12.6. The Morgan fingerprint density at radius 2 is 1.86 bits per heavy atom. The number of nitrogen functional groups attached to an aromatic ring is 1. The van der Waals surface area contributed by atoms with Crippen molar-refractivity contribution in [2.45, 2.75) is 6.92 Å². The molecule has 0 radical (unpaired) electrons. The number of amides is 1. The summed E-state index contributed by atoms with van der Waals surface area (Å²) in [5.41, 5.74) is 9.02. The molecule has 0 atom stereocenters. The molecule has 29 heavy (non-hydrogen) atoms. The van der Waals surface area contributed by atoms with E-state index >= 15 is 0 Å². The van der Waals surface area contributed by atoms with Gasteiger partial charge in [-0.1, -0.05) is 5.21 Å². The maximum absolute atomic E-state index is 12.6. The number of carbonyl (C=O) groups is 1. The molecule has 0 aliphatic rings. The number of aromatic nitrogens is 5. The summed E-state index contributed by atoms with van der Waals surface area (Å²) in [5, 5.41) is 18.7. The van der Waals surface area contributed by atoms with Crippen molar-refractivity contribution in [3.8, 4) is 23.1 Å². The van der Waals surface area contributed by atoms with Gasteiger partial charge in [0.2, 0.25) is 11.6 Å². The third kappa shape index (κ3) is 3.78. The summed E-state index contributed by atoms with van der Waals surface area (Å²) < 4.78 is 21.5. The number of aryl methyl sites for hydroxylation is 1. The normalized spacial score (nSPS) is 10.9. The number of benzene rings is 1. The molecule has 152 valence electrons. The molecule has 0 spiro atoms. The van der Waals surface area contributed by atoms with Gasteiger partial charge in [0.05, 0.1) is 33.2 Å². The van der Waals surface area contributed by atoms with Crippen LogP contribution in [0.3, 0.4) is 0 Å². The van der Waals surface area contributed by atoms with Crippen LogP contribution in [-0.2, 0) is 0 Å². The molecule has 0 bridgehead atoms. The maximum atomic E-state index is 12.6. The van der Waals surface area contributed by atoms with E-state index in [1.807, 2.05) is 0 Å². The Hall–Kier alpha value is -4.16. The number of nitrogens with zero attached hydrogens (tertiary/aromatic N) is 6. The van der Waals surface area contributed by atoms with Gasteiger partial charge in [0.1, 0.15) is 5.75 Å². The minimum Gasteiger partial charge on any atom is -0.496 e. The maximum Gasteiger partial charge on any atom is 0.292 e. The molecule has 0 aliphatic carbocycles. The first-order valence-corrected chi connectivity index (χ1v) is 8.14. The third-order valence-electron chi connectivity index (χ3n) is 3.86. The average Bonchev–Trinajstić information content (AvgIpc) is 3.32. The molecule has 3 N–H and O–H groups in total. The van der Waals surface area contributed by atoms with E-state index in [9.17, 15) is 4.79 Å². The standard InChI is InChI=1S/C16H18N8O5/c1-8-13(24(23-19-8)15-14(17)21-29-22-15)16(25)20-18-7-9-5-11(27-3)12(28-4)6-10(9)26-2/h5-7H,1-4H3,(H2,17,21)(H,20,25)/b18-7-. The molecular formula is C16H18N8O5. The summed E-state index contributed by atoms with van der Waals surface area (Å²) in [5.74, 6) is 0.863. The van der Waals surface area contributed by atoms with Crippen LogP contribution in [0.1, 0.15) is 21.7 Å². The summed E-state index contributed by atoms with van der Waals surface area (Å²) in [6.45, 7) is 1.60. The van der Waals surface area contributed by atoms with E-state index in [4.69, 9.17) is 19.9 Å². The van der Waals surface area contributed by atoms with Crippen LogP contribution in [0.4, 0.5) is 5.82 Å². The summed E-state index contributed by atoms with van der Waals surface area (Å²) >= 11 is 0. The minimum absolute atomic E-state index is 0.0393. The van der Waals surface area contributed by atoms with Crippen LogP contribution < -0.4 is 25.4 Å². The van der Waals surface area contributed by atoms with Crippen molar-refractivity contribution in [1.82, 2.24) is 30.7 Å². The largest absolute Gasteiger partial charge is 0.496 e. The molecule has 0 aliphatic heterocycles. The highest BCUT2D eigenvalue weighted by atomic mass is 16.6. The first-order chi connectivity index (χ1) is 14.0. The number of ether oxygens (including phenoxy) is 3. The van der Waals surface area contributed by atoms with Gasteiger partial charge in [0, 0.05) is 11.6 Å². The van der Waals surface area contributed by atoms with Crippen molar-refractivity contribution in [1.29, 1.82) is 0 Å². The second kappa shape index (κ2) is 8.24. The van der Waals surface area contributed by atoms with Crippen molar-refractivity contribution in [3.63, 3.8) is 0 Å². The lowest BCUT2D eigenvalue weighted by Crippen LogP contribution is -2.22. The number of hydrazone groups is 1. The van der Waals surface area contributed by atoms with E-state index in [1.165, 1.54) is 27.5 Å². The van der Waals surface area contributed by atoms with Crippen molar-refractivity contribution >= 4 is 17.9 Å². The Morgan fingerprint density at radius 1 is 1.17 bits per heavy atom. The van der Waals surface area contributed by atoms with Gasteiger partial charge < -0.3 is 19.9 Å². The number of anilines is 1. The number of rotatable bonds is 7. The van der Waals surface area contributed by atoms with Crippen LogP contribution >= 0.6 is 0 Å². The van der Waals surface area contributed by atoms with Gasteiger partial charge in [-0.05, 0) is 23.3 Å². The number of hydrogen-bond acceptors (Lipinski definition) is 11. The van der Waals surface area contributed by atoms with Gasteiger partial charge in [0.15, 0.2) is 17.2 Å². The number of methoxy groups -OCH3 is 3. The minimum atomic E-state index is -0.592. The fourth-order valence-corrected chi connectivity index (χ4v) is 2.47. The second-order valence-electron chi connectivity index (χ2n) is 5.56. The van der Waals surface area contributed by atoms with Gasteiger partial charge in [-0.2, -0.15) is 9.78 Å². The van der Waals surface area contributed by atoms with Crippen LogP contribution in [0.2, 0.25) is 0 Å². The van der Waals surface area contributed by atoms with Crippen LogP contribution in [0, 0.1) is 6.92 Å². The smallest absolute Gasteiger partial charge is 0.292 e. The predicted octanol–water partition coefficient (Wildman–Crippen LogP) is 0.331. The van der Waals surface area contributed by atoms with Crippen LogP contribution in [-0.4, -0.2) is 58.8 Å².